The maximum absolute atomic E-state index is 6.57. The van der Waals surface area contributed by atoms with Crippen LogP contribution >= 0.6 is 23.1 Å². The summed E-state index contributed by atoms with van der Waals surface area (Å²) in [6.07, 6.45) is 0.962. The zero-order valence-electron chi connectivity index (χ0n) is 11.7. The van der Waals surface area contributed by atoms with E-state index in [1.165, 1.54) is 26.1 Å². The largest absolute Gasteiger partial charge is 0.327 e. The van der Waals surface area contributed by atoms with Gasteiger partial charge in [-0.1, -0.05) is 36.4 Å². The molecule has 0 amide bonds. The molecular formula is C18H17NS2. The molecule has 1 nitrogen and oxygen atoms in total. The van der Waals surface area contributed by atoms with Crippen LogP contribution in [-0.2, 0) is 6.42 Å². The number of fused-ring (bicyclic) bond motifs is 2. The maximum Gasteiger partial charge on any atom is 0.0345 e. The van der Waals surface area contributed by atoms with Crippen LogP contribution in [0.25, 0.3) is 10.1 Å². The molecule has 1 aromatic heterocycles. The van der Waals surface area contributed by atoms with Crippen molar-refractivity contribution in [2.24, 2.45) is 5.73 Å². The van der Waals surface area contributed by atoms with Gasteiger partial charge in [0.05, 0.1) is 0 Å². The Morgan fingerprint density at radius 2 is 1.90 bits per heavy atom. The predicted molar refractivity (Wildman–Crippen MR) is 93.4 cm³/mol. The molecule has 3 heteroatoms. The molecule has 0 spiro atoms. The average Bonchev–Trinajstić information content (AvgIpc) is 3.12. The Balaban J connectivity index is 1.61. The molecule has 1 aliphatic heterocycles. The molecule has 2 heterocycles. The van der Waals surface area contributed by atoms with Crippen LogP contribution in [0.1, 0.15) is 17.0 Å². The first-order chi connectivity index (χ1) is 10.3. The number of hydrogen-bond donors (Lipinski definition) is 1. The monoisotopic (exact) mass is 311 g/mol. The number of rotatable bonds is 3. The third-order valence-electron chi connectivity index (χ3n) is 4.27. The van der Waals surface area contributed by atoms with E-state index in [2.05, 4.69) is 53.9 Å². The lowest BCUT2D eigenvalue weighted by Gasteiger charge is -2.19. The van der Waals surface area contributed by atoms with Gasteiger partial charge in [0.2, 0.25) is 0 Å². The van der Waals surface area contributed by atoms with E-state index in [1.807, 2.05) is 23.1 Å². The molecule has 2 atom stereocenters. The molecule has 2 aromatic carbocycles. The van der Waals surface area contributed by atoms with Crippen molar-refractivity contribution in [2.75, 3.05) is 5.75 Å². The lowest BCUT2D eigenvalue weighted by Crippen LogP contribution is -2.30. The molecule has 1 aliphatic rings. The van der Waals surface area contributed by atoms with Crippen LogP contribution in [0.15, 0.2) is 58.8 Å². The second-order valence-corrected chi connectivity index (χ2v) is 7.55. The highest BCUT2D eigenvalue weighted by Crippen LogP contribution is 2.41. The molecule has 3 aromatic rings. The minimum absolute atomic E-state index is 0.194. The summed E-state index contributed by atoms with van der Waals surface area (Å²) in [5, 5.41) is 3.65. The SMILES string of the molecule is NC(Cc1csc2ccccc12)C1CSc2ccccc21. The lowest BCUT2D eigenvalue weighted by atomic mass is 9.90. The first-order valence-electron chi connectivity index (χ1n) is 7.25. The highest BCUT2D eigenvalue weighted by Gasteiger charge is 2.28. The van der Waals surface area contributed by atoms with Crippen molar-refractivity contribution in [2.45, 2.75) is 23.3 Å². The van der Waals surface area contributed by atoms with Gasteiger partial charge in [0.15, 0.2) is 0 Å². The molecule has 2 N–H and O–H groups in total. The molecule has 0 fully saturated rings. The molecule has 0 saturated heterocycles. The number of thioether (sulfide) groups is 1. The summed E-state index contributed by atoms with van der Waals surface area (Å²) >= 11 is 3.77. The van der Waals surface area contributed by atoms with E-state index in [4.69, 9.17) is 5.73 Å². The minimum Gasteiger partial charge on any atom is -0.327 e. The van der Waals surface area contributed by atoms with Crippen LogP contribution in [0.2, 0.25) is 0 Å². The molecule has 0 radical (unpaired) electrons. The Morgan fingerprint density at radius 1 is 1.10 bits per heavy atom. The van der Waals surface area contributed by atoms with Gasteiger partial charge in [0.1, 0.15) is 0 Å². The van der Waals surface area contributed by atoms with Gasteiger partial charge >= 0.3 is 0 Å². The second-order valence-electron chi connectivity index (χ2n) is 5.58. The summed E-state index contributed by atoms with van der Waals surface area (Å²) in [6, 6.07) is 17.5. The van der Waals surface area contributed by atoms with E-state index in [9.17, 15) is 0 Å². The summed E-state index contributed by atoms with van der Waals surface area (Å²) in [4.78, 5) is 1.41. The fourth-order valence-electron chi connectivity index (χ4n) is 3.13. The van der Waals surface area contributed by atoms with Crippen molar-refractivity contribution >= 4 is 33.2 Å². The number of thiophene rings is 1. The first-order valence-corrected chi connectivity index (χ1v) is 9.12. The maximum atomic E-state index is 6.57. The summed E-state index contributed by atoms with van der Waals surface area (Å²) in [7, 11) is 0. The summed E-state index contributed by atoms with van der Waals surface area (Å²) in [5.74, 6) is 1.59. The topological polar surface area (TPSA) is 26.0 Å². The lowest BCUT2D eigenvalue weighted by molar-refractivity contribution is 0.574. The van der Waals surface area contributed by atoms with Gasteiger partial charge in [-0.25, -0.2) is 0 Å². The fourth-order valence-corrected chi connectivity index (χ4v) is 5.45. The third-order valence-corrected chi connectivity index (χ3v) is 6.49. The van der Waals surface area contributed by atoms with Crippen molar-refractivity contribution in [1.82, 2.24) is 0 Å². The Hall–Kier alpha value is -1.29. The van der Waals surface area contributed by atoms with E-state index >= 15 is 0 Å². The van der Waals surface area contributed by atoms with Gasteiger partial charge in [-0.2, -0.15) is 0 Å². The van der Waals surface area contributed by atoms with Gasteiger partial charge in [-0.05, 0) is 40.4 Å². The van der Waals surface area contributed by atoms with E-state index in [1.54, 1.807) is 0 Å². The molecule has 0 saturated carbocycles. The van der Waals surface area contributed by atoms with Crippen molar-refractivity contribution in [3.63, 3.8) is 0 Å². The van der Waals surface area contributed by atoms with Crippen molar-refractivity contribution < 1.29 is 0 Å². The van der Waals surface area contributed by atoms with Crippen molar-refractivity contribution in [3.8, 4) is 0 Å². The van der Waals surface area contributed by atoms with Crippen LogP contribution in [0.3, 0.4) is 0 Å². The summed E-state index contributed by atoms with van der Waals surface area (Å²) in [5.41, 5.74) is 9.41. The molecule has 2 unspecified atom stereocenters. The van der Waals surface area contributed by atoms with Crippen LogP contribution < -0.4 is 5.73 Å². The molecule has 106 valence electrons. The van der Waals surface area contributed by atoms with Gasteiger partial charge in [-0.3, -0.25) is 0 Å². The molecule has 4 rings (SSSR count). The normalized spacial score (nSPS) is 18.8. The summed E-state index contributed by atoms with van der Waals surface area (Å²) in [6.45, 7) is 0. The third kappa shape index (κ3) is 2.39. The van der Waals surface area contributed by atoms with Gasteiger partial charge in [0.25, 0.3) is 0 Å². The Labute approximate surface area is 133 Å². The van der Waals surface area contributed by atoms with Gasteiger partial charge in [-0.15, -0.1) is 23.1 Å². The Bertz CT molecular complexity index is 777. The molecule has 21 heavy (non-hydrogen) atoms. The van der Waals surface area contributed by atoms with Crippen LogP contribution in [0, 0.1) is 0 Å². The standard InChI is InChI=1S/C18H17NS2/c19-16(15-11-21-18-8-4-2-6-14(15)18)9-12-10-20-17-7-3-1-5-13(12)17/h1-8,10,15-16H,9,11,19H2. The second kappa shape index (κ2) is 5.48. The quantitative estimate of drug-likeness (QED) is 0.761. The average molecular weight is 311 g/mol. The van der Waals surface area contributed by atoms with Gasteiger partial charge < -0.3 is 5.73 Å². The van der Waals surface area contributed by atoms with Crippen LogP contribution in [-0.4, -0.2) is 11.8 Å². The zero-order valence-corrected chi connectivity index (χ0v) is 13.3. The van der Waals surface area contributed by atoms with E-state index in [0.717, 1.165) is 12.2 Å². The Kier molecular flexibility index (Phi) is 3.49. The molecular weight excluding hydrogens is 294 g/mol. The highest BCUT2D eigenvalue weighted by molar-refractivity contribution is 7.99. The fraction of sp³-hybridized carbons (Fsp3) is 0.222. The number of benzene rings is 2. The number of hydrogen-bond acceptors (Lipinski definition) is 3. The molecule has 0 bridgehead atoms. The summed E-state index contributed by atoms with van der Waals surface area (Å²) < 4.78 is 1.36. The first kappa shape index (κ1) is 13.4. The van der Waals surface area contributed by atoms with Crippen LogP contribution in [0.5, 0.6) is 0 Å². The van der Waals surface area contributed by atoms with E-state index in [0.29, 0.717) is 5.92 Å². The number of nitrogens with two attached hydrogens (primary N) is 1. The predicted octanol–water partition coefficient (Wildman–Crippen LogP) is 4.66. The minimum atomic E-state index is 0.194. The van der Waals surface area contributed by atoms with E-state index in [-0.39, 0.29) is 6.04 Å². The Morgan fingerprint density at radius 3 is 2.86 bits per heavy atom. The van der Waals surface area contributed by atoms with Crippen LogP contribution in [0.4, 0.5) is 0 Å². The van der Waals surface area contributed by atoms with Crippen molar-refractivity contribution in [1.29, 1.82) is 0 Å². The van der Waals surface area contributed by atoms with E-state index < -0.39 is 0 Å². The smallest absolute Gasteiger partial charge is 0.0345 e. The van der Waals surface area contributed by atoms with Crippen molar-refractivity contribution in [3.05, 3.63) is 65.0 Å². The molecule has 0 aliphatic carbocycles. The zero-order chi connectivity index (χ0) is 14.2. The highest BCUT2D eigenvalue weighted by atomic mass is 32.2. The van der Waals surface area contributed by atoms with Gasteiger partial charge in [0, 0.05) is 27.3 Å².